The van der Waals surface area contributed by atoms with Gasteiger partial charge < -0.3 is 10.1 Å². The van der Waals surface area contributed by atoms with Crippen LogP contribution in [0.4, 0.5) is 0 Å². The molecule has 2 heteroatoms. The summed E-state index contributed by atoms with van der Waals surface area (Å²) in [7, 11) is 0. The maximum Gasteiger partial charge on any atom is 0.119 e. The molecule has 0 saturated heterocycles. The van der Waals surface area contributed by atoms with Crippen LogP contribution in [-0.4, -0.2) is 13.2 Å². The van der Waals surface area contributed by atoms with E-state index in [-0.39, 0.29) is 0 Å². The first kappa shape index (κ1) is 14.9. The fourth-order valence-corrected chi connectivity index (χ4v) is 3.99. The maximum atomic E-state index is 6.02. The first-order valence-corrected chi connectivity index (χ1v) is 8.63. The van der Waals surface area contributed by atoms with E-state index < -0.39 is 0 Å². The van der Waals surface area contributed by atoms with Gasteiger partial charge in [-0.3, -0.25) is 0 Å². The number of ether oxygens (including phenoxy) is 1. The topological polar surface area (TPSA) is 21.3 Å². The lowest BCUT2D eigenvalue weighted by Crippen LogP contribution is -2.19. The minimum atomic E-state index is 0.703. The van der Waals surface area contributed by atoms with E-state index in [1.165, 1.54) is 31.2 Å². The number of benzene rings is 1. The third-order valence-electron chi connectivity index (χ3n) is 5.15. The van der Waals surface area contributed by atoms with Crippen molar-refractivity contribution < 1.29 is 4.74 Å². The molecule has 3 atom stereocenters. The molecule has 0 aliphatic heterocycles. The molecular formula is C19H29NO. The Morgan fingerprint density at radius 3 is 2.57 bits per heavy atom. The number of nitrogens with one attached hydrogen (secondary N) is 1. The van der Waals surface area contributed by atoms with Gasteiger partial charge in [0, 0.05) is 6.54 Å². The van der Waals surface area contributed by atoms with Gasteiger partial charge in [0.1, 0.15) is 5.75 Å². The van der Waals surface area contributed by atoms with Gasteiger partial charge >= 0.3 is 0 Å². The Morgan fingerprint density at radius 2 is 1.95 bits per heavy atom. The first-order valence-electron chi connectivity index (χ1n) is 8.63. The fourth-order valence-electron chi connectivity index (χ4n) is 3.99. The third kappa shape index (κ3) is 4.00. The maximum absolute atomic E-state index is 6.02. The SMILES string of the molecule is CC(C)CNCc1ccc(OCC2CC3CCC2C3)cc1. The van der Waals surface area contributed by atoms with Crippen molar-refractivity contribution in [1.29, 1.82) is 0 Å². The second-order valence-corrected chi connectivity index (χ2v) is 7.41. The van der Waals surface area contributed by atoms with Crippen LogP contribution in [0.25, 0.3) is 0 Å². The van der Waals surface area contributed by atoms with Gasteiger partial charge in [-0.2, -0.15) is 0 Å². The average Bonchev–Trinajstić information content (AvgIpc) is 3.08. The first-order chi connectivity index (χ1) is 10.2. The van der Waals surface area contributed by atoms with Crippen molar-refractivity contribution in [3.05, 3.63) is 29.8 Å². The summed E-state index contributed by atoms with van der Waals surface area (Å²) < 4.78 is 6.02. The number of fused-ring (bicyclic) bond motifs is 2. The summed E-state index contributed by atoms with van der Waals surface area (Å²) in [6, 6.07) is 8.62. The Kier molecular flexibility index (Phi) is 4.84. The molecule has 0 radical (unpaired) electrons. The summed E-state index contributed by atoms with van der Waals surface area (Å²) in [5.41, 5.74) is 1.34. The molecule has 2 aliphatic carbocycles. The van der Waals surface area contributed by atoms with Crippen molar-refractivity contribution in [3.8, 4) is 5.75 Å². The Bertz CT molecular complexity index is 439. The Balaban J connectivity index is 1.42. The molecule has 3 rings (SSSR count). The molecule has 1 N–H and O–H groups in total. The highest BCUT2D eigenvalue weighted by Crippen LogP contribution is 2.48. The Labute approximate surface area is 129 Å². The minimum absolute atomic E-state index is 0.703. The second-order valence-electron chi connectivity index (χ2n) is 7.41. The summed E-state index contributed by atoms with van der Waals surface area (Å²) in [6.45, 7) is 7.42. The predicted molar refractivity (Wildman–Crippen MR) is 87.4 cm³/mol. The summed E-state index contributed by atoms with van der Waals surface area (Å²) in [5.74, 6) is 4.52. The van der Waals surface area contributed by atoms with Crippen LogP contribution in [0.2, 0.25) is 0 Å². The summed E-state index contributed by atoms with van der Waals surface area (Å²) in [4.78, 5) is 0. The third-order valence-corrected chi connectivity index (χ3v) is 5.15. The number of hydrogen-bond donors (Lipinski definition) is 1. The van der Waals surface area contributed by atoms with E-state index in [1.54, 1.807) is 0 Å². The molecule has 1 aromatic rings. The van der Waals surface area contributed by atoms with E-state index in [0.717, 1.165) is 43.2 Å². The highest BCUT2D eigenvalue weighted by molar-refractivity contribution is 5.27. The monoisotopic (exact) mass is 287 g/mol. The summed E-state index contributed by atoms with van der Waals surface area (Å²) >= 11 is 0. The quantitative estimate of drug-likeness (QED) is 0.809. The van der Waals surface area contributed by atoms with Crippen LogP contribution in [-0.2, 0) is 6.54 Å². The van der Waals surface area contributed by atoms with Gasteiger partial charge in [-0.25, -0.2) is 0 Å². The zero-order valence-corrected chi connectivity index (χ0v) is 13.5. The lowest BCUT2D eigenvalue weighted by atomic mass is 9.89. The lowest BCUT2D eigenvalue weighted by Gasteiger charge is -2.21. The van der Waals surface area contributed by atoms with Crippen LogP contribution < -0.4 is 10.1 Å². The van der Waals surface area contributed by atoms with E-state index >= 15 is 0 Å². The molecule has 0 heterocycles. The van der Waals surface area contributed by atoms with E-state index in [9.17, 15) is 0 Å². The highest BCUT2D eigenvalue weighted by atomic mass is 16.5. The van der Waals surface area contributed by atoms with Gasteiger partial charge in [-0.15, -0.1) is 0 Å². The number of rotatable bonds is 7. The van der Waals surface area contributed by atoms with Crippen LogP contribution >= 0.6 is 0 Å². The summed E-state index contributed by atoms with van der Waals surface area (Å²) in [5, 5.41) is 3.47. The van der Waals surface area contributed by atoms with Crippen molar-refractivity contribution in [2.45, 2.75) is 46.1 Å². The molecule has 2 aliphatic rings. The van der Waals surface area contributed by atoms with E-state index in [1.807, 2.05) is 0 Å². The molecular weight excluding hydrogens is 258 g/mol. The van der Waals surface area contributed by atoms with Crippen molar-refractivity contribution in [2.24, 2.45) is 23.7 Å². The van der Waals surface area contributed by atoms with Crippen molar-refractivity contribution in [2.75, 3.05) is 13.2 Å². The smallest absolute Gasteiger partial charge is 0.119 e. The predicted octanol–water partition coefficient (Wildman–Crippen LogP) is 4.25. The zero-order chi connectivity index (χ0) is 14.7. The van der Waals surface area contributed by atoms with Crippen LogP contribution in [0.3, 0.4) is 0 Å². The van der Waals surface area contributed by atoms with Gasteiger partial charge in [0.2, 0.25) is 0 Å². The van der Waals surface area contributed by atoms with Gasteiger partial charge in [0.05, 0.1) is 6.61 Å². The molecule has 1 aromatic carbocycles. The highest BCUT2D eigenvalue weighted by Gasteiger charge is 2.39. The van der Waals surface area contributed by atoms with Crippen molar-refractivity contribution >= 4 is 0 Å². The normalized spacial score (nSPS) is 27.5. The molecule has 0 amide bonds. The Hall–Kier alpha value is -1.02. The number of hydrogen-bond acceptors (Lipinski definition) is 2. The molecule has 2 nitrogen and oxygen atoms in total. The lowest BCUT2D eigenvalue weighted by molar-refractivity contribution is 0.195. The van der Waals surface area contributed by atoms with Crippen LogP contribution in [0, 0.1) is 23.7 Å². The van der Waals surface area contributed by atoms with Gasteiger partial charge in [-0.05, 0) is 67.2 Å². The molecule has 3 unspecified atom stereocenters. The largest absolute Gasteiger partial charge is 0.493 e. The van der Waals surface area contributed by atoms with E-state index in [0.29, 0.717) is 5.92 Å². The summed E-state index contributed by atoms with van der Waals surface area (Å²) in [6.07, 6.45) is 5.79. The Morgan fingerprint density at radius 1 is 1.14 bits per heavy atom. The van der Waals surface area contributed by atoms with Crippen LogP contribution in [0.5, 0.6) is 5.75 Å². The molecule has 116 valence electrons. The molecule has 21 heavy (non-hydrogen) atoms. The van der Waals surface area contributed by atoms with Crippen LogP contribution in [0.15, 0.2) is 24.3 Å². The van der Waals surface area contributed by atoms with Gasteiger partial charge in [0.25, 0.3) is 0 Å². The van der Waals surface area contributed by atoms with Crippen LogP contribution in [0.1, 0.15) is 45.1 Å². The fraction of sp³-hybridized carbons (Fsp3) is 0.684. The minimum Gasteiger partial charge on any atom is -0.493 e. The zero-order valence-electron chi connectivity index (χ0n) is 13.5. The van der Waals surface area contributed by atoms with E-state index in [4.69, 9.17) is 4.74 Å². The van der Waals surface area contributed by atoms with Gasteiger partial charge in [0.15, 0.2) is 0 Å². The molecule has 2 bridgehead atoms. The molecule has 2 fully saturated rings. The molecule has 0 spiro atoms. The van der Waals surface area contributed by atoms with Crippen molar-refractivity contribution in [1.82, 2.24) is 5.32 Å². The molecule has 0 aromatic heterocycles. The average molecular weight is 287 g/mol. The standard InChI is InChI=1S/C19H29NO/c1-14(2)11-20-12-15-4-7-19(8-5-15)21-13-18-10-16-3-6-17(18)9-16/h4-5,7-8,14,16-18,20H,3,6,9-13H2,1-2H3. The van der Waals surface area contributed by atoms with E-state index in [2.05, 4.69) is 43.4 Å². The van der Waals surface area contributed by atoms with Gasteiger partial charge in [-0.1, -0.05) is 32.4 Å². The molecule has 2 saturated carbocycles. The van der Waals surface area contributed by atoms with Crippen molar-refractivity contribution in [3.63, 3.8) is 0 Å². The second kappa shape index (κ2) is 6.83.